The normalized spacial score (nSPS) is 14.3. The first-order valence-electron chi connectivity index (χ1n) is 8.47. The van der Waals surface area contributed by atoms with E-state index in [0.717, 1.165) is 4.90 Å². The maximum absolute atomic E-state index is 12.9. The third kappa shape index (κ3) is 3.93. The van der Waals surface area contributed by atoms with Gasteiger partial charge in [-0.25, -0.2) is 0 Å². The molecule has 2 amide bonds. The lowest BCUT2D eigenvalue weighted by molar-refractivity contribution is -0.139. The molecule has 6 nitrogen and oxygen atoms in total. The molecular formula is C20H21N3O3S. The molecule has 2 aromatic rings. The van der Waals surface area contributed by atoms with Crippen molar-refractivity contribution in [2.45, 2.75) is 24.8 Å². The summed E-state index contributed by atoms with van der Waals surface area (Å²) < 4.78 is 5.15. The number of imide groups is 1. The molecule has 0 fully saturated rings. The molecule has 1 heterocycles. The summed E-state index contributed by atoms with van der Waals surface area (Å²) in [6, 6.07) is 14.1. The third-order valence-corrected chi connectivity index (χ3v) is 5.14. The smallest absolute Gasteiger partial charge is 0.278 e. The van der Waals surface area contributed by atoms with Gasteiger partial charge in [-0.2, -0.15) is 0 Å². The highest BCUT2D eigenvalue weighted by atomic mass is 32.2. The summed E-state index contributed by atoms with van der Waals surface area (Å²) in [5.74, 6) is 0.0835. The molecule has 7 heteroatoms. The first-order chi connectivity index (χ1) is 12.9. The molecule has 0 spiro atoms. The molecular weight excluding hydrogens is 362 g/mol. The first-order valence-corrected chi connectivity index (χ1v) is 9.29. The van der Waals surface area contributed by atoms with E-state index in [0.29, 0.717) is 22.0 Å². The molecule has 3 N–H and O–H groups in total. The lowest BCUT2D eigenvalue weighted by Crippen LogP contribution is -2.38. The summed E-state index contributed by atoms with van der Waals surface area (Å²) in [5, 5.41) is 3.11. The molecule has 1 aliphatic heterocycles. The van der Waals surface area contributed by atoms with Gasteiger partial charge in [0.1, 0.15) is 16.4 Å². The molecule has 0 aromatic heterocycles. The Morgan fingerprint density at radius 2 is 1.63 bits per heavy atom. The van der Waals surface area contributed by atoms with Crippen LogP contribution in [0.25, 0.3) is 0 Å². The van der Waals surface area contributed by atoms with E-state index < -0.39 is 0 Å². The second kappa shape index (κ2) is 7.75. The van der Waals surface area contributed by atoms with E-state index in [1.807, 2.05) is 26.0 Å². The summed E-state index contributed by atoms with van der Waals surface area (Å²) >= 11 is 1.25. The van der Waals surface area contributed by atoms with Crippen LogP contribution in [0.1, 0.15) is 13.8 Å². The quantitative estimate of drug-likeness (QED) is 0.587. The molecule has 1 aliphatic rings. The van der Waals surface area contributed by atoms with Crippen LogP contribution in [0.4, 0.5) is 11.4 Å². The van der Waals surface area contributed by atoms with Gasteiger partial charge in [0, 0.05) is 22.3 Å². The van der Waals surface area contributed by atoms with Crippen molar-refractivity contribution in [1.29, 1.82) is 0 Å². The standard InChI is InChI=1S/C20H21N3O3S/c1-12(2)23-19(24)17(22-14-6-8-15(26-3)9-7-14)18(20(23)25)27-16-10-4-13(21)5-11-16/h4-12,22H,21H2,1-3H3. The maximum atomic E-state index is 12.9. The molecule has 0 bridgehead atoms. The Labute approximate surface area is 162 Å². The van der Waals surface area contributed by atoms with Crippen molar-refractivity contribution < 1.29 is 14.3 Å². The van der Waals surface area contributed by atoms with Gasteiger partial charge in [-0.15, -0.1) is 0 Å². The SMILES string of the molecule is COc1ccc(NC2=C(Sc3ccc(N)cc3)C(=O)N(C(C)C)C2=O)cc1. The van der Waals surface area contributed by atoms with E-state index in [2.05, 4.69) is 5.32 Å². The predicted octanol–water partition coefficient (Wildman–Crippen LogP) is 3.47. The van der Waals surface area contributed by atoms with Crippen LogP contribution in [0.5, 0.6) is 5.75 Å². The molecule has 140 valence electrons. The number of nitrogens with one attached hydrogen (secondary N) is 1. The zero-order chi connectivity index (χ0) is 19.6. The lowest BCUT2D eigenvalue weighted by atomic mass is 10.3. The second-order valence-electron chi connectivity index (χ2n) is 6.30. The van der Waals surface area contributed by atoms with Crippen LogP contribution in [0.3, 0.4) is 0 Å². The molecule has 0 atom stereocenters. The number of benzene rings is 2. The van der Waals surface area contributed by atoms with E-state index in [4.69, 9.17) is 10.5 Å². The largest absolute Gasteiger partial charge is 0.497 e. The number of nitrogens with zero attached hydrogens (tertiary/aromatic N) is 1. The number of thioether (sulfide) groups is 1. The van der Waals surface area contributed by atoms with E-state index in [1.165, 1.54) is 16.7 Å². The summed E-state index contributed by atoms with van der Waals surface area (Å²) in [5.41, 5.74) is 7.35. The van der Waals surface area contributed by atoms with Crippen molar-refractivity contribution in [3.05, 3.63) is 59.1 Å². The third-order valence-electron chi connectivity index (χ3n) is 4.05. The van der Waals surface area contributed by atoms with Crippen LogP contribution in [-0.4, -0.2) is 29.9 Å². The minimum Gasteiger partial charge on any atom is -0.497 e. The number of nitrogen functional groups attached to an aromatic ring is 1. The van der Waals surface area contributed by atoms with Gasteiger partial charge >= 0.3 is 0 Å². The van der Waals surface area contributed by atoms with Crippen molar-refractivity contribution in [3.8, 4) is 5.75 Å². The number of ether oxygens (including phenoxy) is 1. The Morgan fingerprint density at radius 3 is 2.19 bits per heavy atom. The Morgan fingerprint density at radius 1 is 1.00 bits per heavy atom. The summed E-state index contributed by atoms with van der Waals surface area (Å²) in [4.78, 5) is 28.2. The Kier molecular flexibility index (Phi) is 5.41. The first kappa shape index (κ1) is 18.8. The average molecular weight is 383 g/mol. The minimum absolute atomic E-state index is 0.234. The van der Waals surface area contributed by atoms with Crippen molar-refractivity contribution in [2.24, 2.45) is 0 Å². The van der Waals surface area contributed by atoms with Crippen LogP contribution in [0.2, 0.25) is 0 Å². The number of carbonyl (C=O) groups is 2. The zero-order valence-corrected chi connectivity index (χ0v) is 16.2. The maximum Gasteiger partial charge on any atom is 0.278 e. The Bertz CT molecular complexity index is 890. The number of methoxy groups -OCH3 is 1. The Balaban J connectivity index is 1.95. The minimum atomic E-state index is -0.330. The molecule has 3 rings (SSSR count). The second-order valence-corrected chi connectivity index (χ2v) is 7.39. The van der Waals surface area contributed by atoms with E-state index in [9.17, 15) is 9.59 Å². The van der Waals surface area contributed by atoms with E-state index >= 15 is 0 Å². The lowest BCUT2D eigenvalue weighted by Gasteiger charge is -2.19. The summed E-state index contributed by atoms with van der Waals surface area (Å²) in [6.45, 7) is 3.63. The van der Waals surface area contributed by atoms with E-state index in [-0.39, 0.29) is 23.6 Å². The fourth-order valence-corrected chi connectivity index (χ4v) is 3.61. The summed E-state index contributed by atoms with van der Waals surface area (Å²) in [7, 11) is 1.59. The Hall–Kier alpha value is -2.93. The number of rotatable bonds is 6. The van der Waals surface area contributed by atoms with Gasteiger partial charge in [0.2, 0.25) is 0 Å². The van der Waals surface area contributed by atoms with Crippen LogP contribution in [0.15, 0.2) is 64.0 Å². The number of carbonyl (C=O) groups excluding carboxylic acids is 2. The van der Waals surface area contributed by atoms with Crippen LogP contribution < -0.4 is 15.8 Å². The highest BCUT2D eigenvalue weighted by molar-refractivity contribution is 8.04. The fraction of sp³-hybridized carbons (Fsp3) is 0.200. The van der Waals surface area contributed by atoms with Crippen molar-refractivity contribution in [3.63, 3.8) is 0 Å². The van der Waals surface area contributed by atoms with Gasteiger partial charge in [-0.3, -0.25) is 14.5 Å². The molecule has 0 aliphatic carbocycles. The highest BCUT2D eigenvalue weighted by Gasteiger charge is 2.40. The van der Waals surface area contributed by atoms with Crippen LogP contribution >= 0.6 is 11.8 Å². The van der Waals surface area contributed by atoms with Gasteiger partial charge in [0.25, 0.3) is 11.8 Å². The highest BCUT2D eigenvalue weighted by Crippen LogP contribution is 2.37. The van der Waals surface area contributed by atoms with Gasteiger partial charge in [0.05, 0.1) is 7.11 Å². The topological polar surface area (TPSA) is 84.7 Å². The number of amides is 2. The molecule has 0 unspecified atom stereocenters. The number of hydrogen-bond acceptors (Lipinski definition) is 6. The van der Waals surface area contributed by atoms with Gasteiger partial charge in [-0.05, 0) is 62.4 Å². The van der Waals surface area contributed by atoms with Crippen molar-refractivity contribution in [2.75, 3.05) is 18.2 Å². The molecule has 0 radical (unpaired) electrons. The van der Waals surface area contributed by atoms with Crippen molar-refractivity contribution >= 4 is 35.0 Å². The fourth-order valence-electron chi connectivity index (χ4n) is 2.67. The number of anilines is 2. The monoisotopic (exact) mass is 383 g/mol. The molecule has 2 aromatic carbocycles. The van der Waals surface area contributed by atoms with E-state index in [1.54, 1.807) is 43.5 Å². The van der Waals surface area contributed by atoms with Crippen molar-refractivity contribution in [1.82, 2.24) is 4.90 Å². The number of hydrogen-bond donors (Lipinski definition) is 2. The van der Waals surface area contributed by atoms with Crippen LogP contribution in [-0.2, 0) is 9.59 Å². The predicted molar refractivity (Wildman–Crippen MR) is 107 cm³/mol. The molecule has 0 saturated carbocycles. The summed E-state index contributed by atoms with van der Waals surface area (Å²) in [6.07, 6.45) is 0. The van der Waals surface area contributed by atoms with Gasteiger partial charge in [-0.1, -0.05) is 11.8 Å². The average Bonchev–Trinajstić information content (AvgIpc) is 2.88. The number of nitrogens with two attached hydrogens (primary N) is 1. The van der Waals surface area contributed by atoms with Gasteiger partial charge < -0.3 is 15.8 Å². The van der Waals surface area contributed by atoms with Crippen LogP contribution in [0, 0.1) is 0 Å². The van der Waals surface area contributed by atoms with Gasteiger partial charge in [0.15, 0.2) is 0 Å². The zero-order valence-electron chi connectivity index (χ0n) is 15.4. The molecule has 0 saturated heterocycles. The molecule has 27 heavy (non-hydrogen) atoms.